The van der Waals surface area contributed by atoms with Crippen LogP contribution in [0, 0.1) is 0 Å². The summed E-state index contributed by atoms with van der Waals surface area (Å²) in [4.78, 5) is 32.6. The maximum Gasteiger partial charge on any atom is 0.336 e. The number of hydrogen-bond acceptors (Lipinski definition) is 4. The number of aliphatic carboxylic acids is 1. The second-order valence-electron chi connectivity index (χ2n) is 3.04. The molecule has 0 aromatic heterocycles. The van der Waals surface area contributed by atoms with Crippen LogP contribution >= 0.6 is 0 Å². The molecule has 0 radical (unpaired) electrons. The number of rotatable bonds is 5. The van der Waals surface area contributed by atoms with Gasteiger partial charge in [-0.05, 0) is 0 Å². The van der Waals surface area contributed by atoms with Crippen molar-refractivity contribution in [3.05, 3.63) is 0 Å². The average Bonchev–Trinajstić information content (AvgIpc) is 2.16. The highest BCUT2D eigenvalue weighted by molar-refractivity contribution is 5.91. The number of hydrogen-bond donors (Lipinski definition) is 4. The van der Waals surface area contributed by atoms with Crippen LogP contribution in [0.4, 0.5) is 0 Å². The smallest absolute Gasteiger partial charge is 0.336 e. The second-order valence-corrected chi connectivity index (χ2v) is 3.04. The Labute approximate surface area is 86.5 Å². The third-order valence-corrected chi connectivity index (χ3v) is 1.86. The van der Waals surface area contributed by atoms with Crippen LogP contribution < -0.4 is 10.6 Å². The van der Waals surface area contributed by atoms with Crippen molar-refractivity contribution in [2.75, 3.05) is 14.1 Å². The Morgan fingerprint density at radius 3 is 1.60 bits per heavy atom. The highest BCUT2D eigenvalue weighted by Gasteiger charge is 2.40. The molecule has 0 fully saturated rings. The largest absolute Gasteiger partial charge is 0.479 e. The van der Waals surface area contributed by atoms with E-state index in [-0.39, 0.29) is 0 Å². The number of carbonyl (C=O) groups excluding carboxylic acids is 2. The first kappa shape index (κ1) is 13.4. The molecule has 2 amide bonds. The first-order chi connectivity index (χ1) is 6.85. The lowest BCUT2D eigenvalue weighted by molar-refractivity contribution is -0.164. The molecular weight excluding hydrogens is 204 g/mol. The molecule has 0 aromatic rings. The summed E-state index contributed by atoms with van der Waals surface area (Å²) in [6, 6.07) is 0. The molecule has 0 aliphatic heterocycles. The van der Waals surface area contributed by atoms with Crippen molar-refractivity contribution in [2.24, 2.45) is 0 Å². The van der Waals surface area contributed by atoms with Crippen molar-refractivity contribution in [3.63, 3.8) is 0 Å². The monoisotopic (exact) mass is 218 g/mol. The fraction of sp³-hybridized carbons (Fsp3) is 0.625. The van der Waals surface area contributed by atoms with Gasteiger partial charge in [-0.15, -0.1) is 0 Å². The van der Waals surface area contributed by atoms with Gasteiger partial charge in [0.25, 0.3) is 0 Å². The maximum absolute atomic E-state index is 10.9. The van der Waals surface area contributed by atoms with Crippen molar-refractivity contribution < 1.29 is 24.6 Å². The van der Waals surface area contributed by atoms with Crippen LogP contribution in [-0.4, -0.2) is 47.7 Å². The van der Waals surface area contributed by atoms with E-state index in [1.165, 1.54) is 14.1 Å². The molecule has 0 aromatic carbocycles. The summed E-state index contributed by atoms with van der Waals surface area (Å²) in [5, 5.41) is 22.6. The van der Waals surface area contributed by atoms with Gasteiger partial charge in [0.05, 0.1) is 12.8 Å². The Hall–Kier alpha value is -1.63. The summed E-state index contributed by atoms with van der Waals surface area (Å²) in [6.45, 7) is 0. The Morgan fingerprint density at radius 1 is 1.07 bits per heavy atom. The van der Waals surface area contributed by atoms with Gasteiger partial charge >= 0.3 is 5.97 Å². The number of nitrogens with one attached hydrogen (secondary N) is 2. The van der Waals surface area contributed by atoms with Crippen molar-refractivity contribution in [1.29, 1.82) is 0 Å². The predicted octanol–water partition coefficient (Wildman–Crippen LogP) is -1.93. The normalized spacial score (nSPS) is 10.6. The van der Waals surface area contributed by atoms with Gasteiger partial charge in [-0.2, -0.15) is 0 Å². The van der Waals surface area contributed by atoms with E-state index in [0.717, 1.165) is 0 Å². The molecule has 0 rings (SSSR count). The molecule has 0 saturated carbocycles. The van der Waals surface area contributed by atoms with Gasteiger partial charge in [-0.1, -0.05) is 0 Å². The van der Waals surface area contributed by atoms with Crippen molar-refractivity contribution in [1.82, 2.24) is 10.6 Å². The third-order valence-electron chi connectivity index (χ3n) is 1.86. The lowest BCUT2D eigenvalue weighted by Crippen LogP contribution is -2.46. The van der Waals surface area contributed by atoms with E-state index in [0.29, 0.717) is 0 Å². The fourth-order valence-electron chi connectivity index (χ4n) is 0.922. The molecule has 4 N–H and O–H groups in total. The molecule has 7 nitrogen and oxygen atoms in total. The molecule has 0 aliphatic rings. The van der Waals surface area contributed by atoms with Gasteiger partial charge in [0.1, 0.15) is 0 Å². The van der Waals surface area contributed by atoms with Crippen LogP contribution in [0.15, 0.2) is 0 Å². The van der Waals surface area contributed by atoms with Crippen LogP contribution in [0.1, 0.15) is 12.8 Å². The number of aliphatic hydroxyl groups is 1. The highest BCUT2D eigenvalue weighted by Crippen LogP contribution is 2.15. The molecule has 0 atom stereocenters. The first-order valence-corrected chi connectivity index (χ1v) is 4.22. The number of carbonyl (C=O) groups is 3. The quantitative estimate of drug-likeness (QED) is 0.429. The minimum Gasteiger partial charge on any atom is -0.479 e. The summed E-state index contributed by atoms with van der Waals surface area (Å²) in [5.41, 5.74) is -2.36. The summed E-state index contributed by atoms with van der Waals surface area (Å²) in [7, 11) is 2.62. The lowest BCUT2D eigenvalue weighted by Gasteiger charge is -2.21. The van der Waals surface area contributed by atoms with Gasteiger partial charge in [-0.3, -0.25) is 9.59 Å². The molecule has 0 heterocycles. The molecule has 15 heavy (non-hydrogen) atoms. The summed E-state index contributed by atoms with van der Waals surface area (Å²) in [5.74, 6) is -2.90. The number of amides is 2. The van der Waals surface area contributed by atoms with Crippen molar-refractivity contribution >= 4 is 17.8 Å². The van der Waals surface area contributed by atoms with Gasteiger partial charge in [0.15, 0.2) is 5.60 Å². The second kappa shape index (κ2) is 5.30. The van der Waals surface area contributed by atoms with Gasteiger partial charge in [0, 0.05) is 14.1 Å². The third kappa shape index (κ3) is 3.94. The minimum atomic E-state index is -2.36. The Bertz CT molecular complexity index is 258. The average molecular weight is 218 g/mol. The van der Waals surface area contributed by atoms with Crippen LogP contribution in [0.5, 0.6) is 0 Å². The minimum absolute atomic E-state index is 0.649. The lowest BCUT2D eigenvalue weighted by atomic mass is 9.95. The van der Waals surface area contributed by atoms with Gasteiger partial charge < -0.3 is 20.8 Å². The molecule has 86 valence electrons. The topological polar surface area (TPSA) is 116 Å². The Morgan fingerprint density at radius 2 is 1.40 bits per heavy atom. The van der Waals surface area contributed by atoms with Crippen molar-refractivity contribution in [2.45, 2.75) is 18.4 Å². The summed E-state index contributed by atoms with van der Waals surface area (Å²) >= 11 is 0. The Kier molecular flexibility index (Phi) is 4.72. The van der Waals surface area contributed by atoms with E-state index in [9.17, 15) is 19.5 Å². The van der Waals surface area contributed by atoms with E-state index < -0.39 is 36.2 Å². The number of carboxylic acids is 1. The zero-order chi connectivity index (χ0) is 12.1. The summed E-state index contributed by atoms with van der Waals surface area (Å²) < 4.78 is 0. The van der Waals surface area contributed by atoms with Crippen LogP contribution in [0.2, 0.25) is 0 Å². The first-order valence-electron chi connectivity index (χ1n) is 4.22. The molecule has 0 aliphatic carbocycles. The van der Waals surface area contributed by atoms with E-state index in [4.69, 9.17) is 5.11 Å². The maximum atomic E-state index is 10.9. The van der Waals surface area contributed by atoms with Gasteiger partial charge in [-0.25, -0.2) is 4.79 Å². The SMILES string of the molecule is CNC(=O)CC(O)(CC(=O)NC)C(=O)O. The molecule has 7 heteroatoms. The Balaban J connectivity index is 4.67. The molecule has 0 unspecified atom stereocenters. The van der Waals surface area contributed by atoms with E-state index >= 15 is 0 Å². The zero-order valence-corrected chi connectivity index (χ0v) is 8.53. The molecule has 0 bridgehead atoms. The van der Waals surface area contributed by atoms with E-state index in [1.54, 1.807) is 0 Å². The van der Waals surface area contributed by atoms with Crippen LogP contribution in [-0.2, 0) is 14.4 Å². The molecular formula is C8H14N2O5. The standard InChI is InChI=1S/C8H14N2O5/c1-9-5(11)3-8(15,7(13)14)4-6(12)10-2/h15H,3-4H2,1-2H3,(H,9,11)(H,10,12)(H,13,14). The highest BCUT2D eigenvalue weighted by atomic mass is 16.4. The fourth-order valence-corrected chi connectivity index (χ4v) is 0.922. The van der Waals surface area contributed by atoms with Crippen LogP contribution in [0.3, 0.4) is 0 Å². The predicted molar refractivity (Wildman–Crippen MR) is 50.0 cm³/mol. The molecule has 0 saturated heterocycles. The zero-order valence-electron chi connectivity index (χ0n) is 8.53. The van der Waals surface area contributed by atoms with Crippen LogP contribution in [0.25, 0.3) is 0 Å². The van der Waals surface area contributed by atoms with Gasteiger partial charge in [0.2, 0.25) is 11.8 Å². The van der Waals surface area contributed by atoms with Crippen molar-refractivity contribution in [3.8, 4) is 0 Å². The summed E-state index contributed by atoms with van der Waals surface area (Å²) in [6.07, 6.45) is -1.32. The van der Waals surface area contributed by atoms with E-state index in [2.05, 4.69) is 10.6 Å². The number of carboxylic acid groups (broad SMARTS) is 1. The molecule has 0 spiro atoms. The van der Waals surface area contributed by atoms with E-state index in [1.807, 2.05) is 0 Å².